The number of carboxylic acid groups (broad SMARTS) is 1. The van der Waals surface area contributed by atoms with Gasteiger partial charge in [-0.05, 0) is 37.8 Å². The van der Waals surface area contributed by atoms with Gasteiger partial charge in [0.05, 0.1) is 16.7 Å². The smallest absolute Gasteiger partial charge is 0.306 e. The fraction of sp³-hybridized carbons (Fsp3) is 0.467. The average Bonchev–Trinajstić information content (AvgIpc) is 2.47. The van der Waals surface area contributed by atoms with Crippen LogP contribution in [0.2, 0.25) is 5.02 Å². The standard InChI is InChI=1S/C15H18ClNO3S/c16-12-3-1-2-4-13(12)21-9-14(18)17-11-7-5-10(6-8-11)15(19)20/h1-4,10-11H,5-9H2,(H,17,18)(H,19,20). The van der Waals surface area contributed by atoms with Crippen LogP contribution in [0.3, 0.4) is 0 Å². The van der Waals surface area contributed by atoms with E-state index in [-0.39, 0.29) is 17.9 Å². The number of benzene rings is 1. The summed E-state index contributed by atoms with van der Waals surface area (Å²) in [6.45, 7) is 0. The van der Waals surface area contributed by atoms with Crippen LogP contribution in [-0.2, 0) is 9.59 Å². The summed E-state index contributed by atoms with van der Waals surface area (Å²) >= 11 is 7.45. The molecule has 2 rings (SSSR count). The number of hydrogen-bond acceptors (Lipinski definition) is 3. The summed E-state index contributed by atoms with van der Waals surface area (Å²) in [4.78, 5) is 23.7. The highest BCUT2D eigenvalue weighted by Gasteiger charge is 2.26. The van der Waals surface area contributed by atoms with E-state index in [0.29, 0.717) is 23.6 Å². The second kappa shape index (κ2) is 7.71. The Morgan fingerprint density at radius 1 is 1.24 bits per heavy atom. The summed E-state index contributed by atoms with van der Waals surface area (Å²) in [5.41, 5.74) is 0. The number of thioether (sulfide) groups is 1. The van der Waals surface area contributed by atoms with Crippen molar-refractivity contribution in [3.05, 3.63) is 29.3 Å². The molecule has 1 aliphatic carbocycles. The van der Waals surface area contributed by atoms with E-state index in [1.165, 1.54) is 11.8 Å². The summed E-state index contributed by atoms with van der Waals surface area (Å²) < 4.78 is 0. The monoisotopic (exact) mass is 327 g/mol. The largest absolute Gasteiger partial charge is 0.481 e. The lowest BCUT2D eigenvalue weighted by molar-refractivity contribution is -0.142. The molecule has 2 N–H and O–H groups in total. The Hall–Kier alpha value is -1.20. The number of rotatable bonds is 5. The normalized spacial score (nSPS) is 21.8. The van der Waals surface area contributed by atoms with Crippen LogP contribution in [0.15, 0.2) is 29.2 Å². The van der Waals surface area contributed by atoms with Gasteiger partial charge in [-0.3, -0.25) is 9.59 Å². The molecule has 1 aromatic rings. The zero-order valence-electron chi connectivity index (χ0n) is 11.5. The SMILES string of the molecule is O=C(CSc1ccccc1Cl)NC1CCC(C(=O)O)CC1. The second-order valence-electron chi connectivity index (χ2n) is 5.17. The van der Waals surface area contributed by atoms with Gasteiger partial charge in [-0.25, -0.2) is 0 Å². The molecule has 0 radical (unpaired) electrons. The molecule has 4 nitrogen and oxygen atoms in total. The van der Waals surface area contributed by atoms with Crippen LogP contribution < -0.4 is 5.32 Å². The van der Waals surface area contributed by atoms with Crippen LogP contribution in [0, 0.1) is 5.92 Å². The van der Waals surface area contributed by atoms with Crippen LogP contribution in [0.4, 0.5) is 0 Å². The molecule has 0 saturated heterocycles. The van der Waals surface area contributed by atoms with Gasteiger partial charge >= 0.3 is 5.97 Å². The summed E-state index contributed by atoms with van der Waals surface area (Å²) in [7, 11) is 0. The Labute approximate surface area is 133 Å². The highest BCUT2D eigenvalue weighted by atomic mass is 35.5. The molecule has 21 heavy (non-hydrogen) atoms. The fourth-order valence-corrected chi connectivity index (χ4v) is 3.51. The minimum Gasteiger partial charge on any atom is -0.481 e. The van der Waals surface area contributed by atoms with Crippen molar-refractivity contribution in [2.45, 2.75) is 36.6 Å². The number of carbonyl (C=O) groups excluding carboxylic acids is 1. The molecule has 0 aliphatic heterocycles. The van der Waals surface area contributed by atoms with E-state index in [1.54, 1.807) is 6.07 Å². The van der Waals surface area contributed by atoms with E-state index in [9.17, 15) is 9.59 Å². The van der Waals surface area contributed by atoms with Crippen LogP contribution in [0.1, 0.15) is 25.7 Å². The Balaban J connectivity index is 1.73. The van der Waals surface area contributed by atoms with Gasteiger partial charge in [-0.1, -0.05) is 23.7 Å². The van der Waals surface area contributed by atoms with Crippen molar-refractivity contribution >= 4 is 35.2 Å². The maximum Gasteiger partial charge on any atom is 0.306 e. The van der Waals surface area contributed by atoms with Gasteiger partial charge in [0.1, 0.15) is 0 Å². The van der Waals surface area contributed by atoms with Gasteiger partial charge in [-0.2, -0.15) is 0 Å². The van der Waals surface area contributed by atoms with Gasteiger partial charge in [0.25, 0.3) is 0 Å². The van der Waals surface area contributed by atoms with Crippen molar-refractivity contribution < 1.29 is 14.7 Å². The molecule has 1 saturated carbocycles. The molecule has 0 unspecified atom stereocenters. The van der Waals surface area contributed by atoms with E-state index in [1.807, 2.05) is 18.2 Å². The van der Waals surface area contributed by atoms with Crippen molar-refractivity contribution in [2.75, 3.05) is 5.75 Å². The predicted octanol–water partition coefficient (Wildman–Crippen LogP) is 3.19. The molecule has 1 aliphatic rings. The van der Waals surface area contributed by atoms with Crippen LogP contribution >= 0.6 is 23.4 Å². The number of hydrogen-bond donors (Lipinski definition) is 2. The molecule has 0 spiro atoms. The van der Waals surface area contributed by atoms with Crippen LogP contribution in [0.25, 0.3) is 0 Å². The Bertz CT molecular complexity index is 515. The highest BCUT2D eigenvalue weighted by Crippen LogP contribution is 2.27. The molecule has 6 heteroatoms. The zero-order chi connectivity index (χ0) is 15.2. The molecule has 0 atom stereocenters. The molecule has 1 fully saturated rings. The number of carboxylic acids is 1. The molecule has 0 bridgehead atoms. The molecular formula is C15H18ClNO3S. The number of nitrogens with one attached hydrogen (secondary N) is 1. The van der Waals surface area contributed by atoms with Crippen LogP contribution in [-0.4, -0.2) is 28.8 Å². The van der Waals surface area contributed by atoms with Crippen molar-refractivity contribution in [3.63, 3.8) is 0 Å². The number of halogens is 1. The highest BCUT2D eigenvalue weighted by molar-refractivity contribution is 8.00. The third-order valence-corrected chi connectivity index (χ3v) is 5.15. The van der Waals surface area contributed by atoms with Crippen molar-refractivity contribution in [2.24, 2.45) is 5.92 Å². The van der Waals surface area contributed by atoms with E-state index < -0.39 is 5.97 Å². The maximum absolute atomic E-state index is 11.9. The first-order chi connectivity index (χ1) is 10.1. The molecular weight excluding hydrogens is 310 g/mol. The van der Waals surface area contributed by atoms with Gasteiger partial charge < -0.3 is 10.4 Å². The lowest BCUT2D eigenvalue weighted by atomic mass is 9.86. The first kappa shape index (κ1) is 16.2. The summed E-state index contributed by atoms with van der Waals surface area (Å²) in [6.07, 6.45) is 2.74. The Morgan fingerprint density at radius 3 is 2.52 bits per heavy atom. The Morgan fingerprint density at radius 2 is 1.90 bits per heavy atom. The third kappa shape index (κ3) is 4.93. The first-order valence-electron chi connectivity index (χ1n) is 6.95. The molecule has 0 aromatic heterocycles. The van der Waals surface area contributed by atoms with Gasteiger partial charge in [-0.15, -0.1) is 11.8 Å². The Kier molecular flexibility index (Phi) is 5.94. The minimum absolute atomic E-state index is 0.0290. The maximum atomic E-state index is 11.9. The summed E-state index contributed by atoms with van der Waals surface area (Å²) in [6, 6.07) is 7.53. The van der Waals surface area contributed by atoms with Gasteiger partial charge in [0.15, 0.2) is 0 Å². The predicted molar refractivity (Wildman–Crippen MR) is 83.7 cm³/mol. The summed E-state index contributed by atoms with van der Waals surface area (Å²) in [5.74, 6) is -0.689. The van der Waals surface area contributed by atoms with E-state index in [4.69, 9.17) is 16.7 Å². The van der Waals surface area contributed by atoms with Crippen molar-refractivity contribution in [1.82, 2.24) is 5.32 Å². The topological polar surface area (TPSA) is 66.4 Å². The molecule has 1 aromatic carbocycles. The van der Waals surface area contributed by atoms with E-state index in [2.05, 4.69) is 5.32 Å². The first-order valence-corrected chi connectivity index (χ1v) is 8.32. The summed E-state index contributed by atoms with van der Waals surface area (Å²) in [5, 5.41) is 12.6. The number of amides is 1. The fourth-order valence-electron chi connectivity index (χ4n) is 2.46. The average molecular weight is 328 g/mol. The lowest BCUT2D eigenvalue weighted by Gasteiger charge is -2.26. The second-order valence-corrected chi connectivity index (χ2v) is 6.60. The third-order valence-electron chi connectivity index (χ3n) is 3.64. The van der Waals surface area contributed by atoms with Crippen molar-refractivity contribution in [1.29, 1.82) is 0 Å². The lowest BCUT2D eigenvalue weighted by Crippen LogP contribution is -2.39. The van der Waals surface area contributed by atoms with E-state index in [0.717, 1.165) is 17.7 Å². The van der Waals surface area contributed by atoms with E-state index >= 15 is 0 Å². The quantitative estimate of drug-likeness (QED) is 0.815. The molecule has 114 valence electrons. The number of aliphatic carboxylic acids is 1. The zero-order valence-corrected chi connectivity index (χ0v) is 13.1. The molecule has 0 heterocycles. The number of carbonyl (C=O) groups is 2. The molecule has 1 amide bonds. The van der Waals surface area contributed by atoms with Gasteiger partial charge in [0.2, 0.25) is 5.91 Å². The van der Waals surface area contributed by atoms with Crippen LogP contribution in [0.5, 0.6) is 0 Å². The van der Waals surface area contributed by atoms with Crippen molar-refractivity contribution in [3.8, 4) is 0 Å². The van der Waals surface area contributed by atoms with Gasteiger partial charge in [0, 0.05) is 10.9 Å². The minimum atomic E-state index is -0.728.